The molecule has 0 aromatic heterocycles. The average Bonchev–Trinajstić information content (AvgIpc) is 2.50. The van der Waals surface area contributed by atoms with Crippen LogP contribution in [0.15, 0.2) is 4.99 Å². The Bertz CT molecular complexity index is 245. The summed E-state index contributed by atoms with van der Waals surface area (Å²) in [5, 5.41) is 0. The van der Waals surface area contributed by atoms with Gasteiger partial charge in [-0.25, -0.2) is 4.99 Å². The summed E-state index contributed by atoms with van der Waals surface area (Å²) < 4.78 is 11.0. The molecule has 2 rings (SSSR count). The van der Waals surface area contributed by atoms with Crippen molar-refractivity contribution in [3.05, 3.63) is 0 Å². The number of nitrogens with zero attached hydrogens (tertiary/aromatic N) is 1. The van der Waals surface area contributed by atoms with Crippen LogP contribution in [0, 0.1) is 5.92 Å². The lowest BCUT2D eigenvalue weighted by Gasteiger charge is -2.06. The molecular weight excluding hydrogens is 166 g/mol. The standard InChI is InChI=1S/C10H17NO2/c1-6(2)7-5-12-9(11-7)8-10(3,4)13-8/h6-8H,5H2,1-4H3/t7-,8-/m0/s1. The Balaban J connectivity index is 2.00. The van der Waals surface area contributed by atoms with E-state index in [4.69, 9.17) is 9.47 Å². The van der Waals surface area contributed by atoms with Crippen LogP contribution < -0.4 is 0 Å². The van der Waals surface area contributed by atoms with Gasteiger partial charge in [0.2, 0.25) is 5.90 Å². The van der Waals surface area contributed by atoms with Crippen molar-refractivity contribution < 1.29 is 9.47 Å². The number of aliphatic imine (C=N–C) groups is 1. The predicted octanol–water partition coefficient (Wildman–Crippen LogP) is 1.62. The molecule has 1 fully saturated rings. The third-order valence-corrected chi connectivity index (χ3v) is 2.68. The minimum absolute atomic E-state index is 0.0509. The zero-order valence-corrected chi connectivity index (χ0v) is 8.70. The third-order valence-electron chi connectivity index (χ3n) is 2.68. The highest BCUT2D eigenvalue weighted by molar-refractivity contribution is 5.86. The number of rotatable bonds is 2. The second-order valence-corrected chi connectivity index (χ2v) is 4.69. The molecule has 0 aliphatic carbocycles. The lowest BCUT2D eigenvalue weighted by atomic mass is 10.1. The molecule has 2 aliphatic rings. The fraction of sp³-hybridized carbons (Fsp3) is 0.900. The van der Waals surface area contributed by atoms with Crippen molar-refractivity contribution in [3.63, 3.8) is 0 Å². The SMILES string of the molecule is CC(C)[C@@H]1COC([C@@H]2OC2(C)C)=N1. The van der Waals surface area contributed by atoms with E-state index < -0.39 is 0 Å². The molecule has 2 heterocycles. The molecular formula is C10H17NO2. The van der Waals surface area contributed by atoms with Gasteiger partial charge in [-0.15, -0.1) is 0 Å². The maximum Gasteiger partial charge on any atom is 0.216 e. The van der Waals surface area contributed by atoms with Gasteiger partial charge in [0.1, 0.15) is 6.61 Å². The normalized spacial score (nSPS) is 35.9. The molecule has 3 nitrogen and oxygen atoms in total. The number of hydrogen-bond donors (Lipinski definition) is 0. The summed E-state index contributed by atoms with van der Waals surface area (Å²) in [5.41, 5.74) is -0.0509. The molecule has 0 aromatic rings. The first kappa shape index (κ1) is 9.00. The van der Waals surface area contributed by atoms with Crippen molar-refractivity contribution in [2.75, 3.05) is 6.61 Å². The van der Waals surface area contributed by atoms with E-state index >= 15 is 0 Å². The Morgan fingerprint density at radius 2 is 2.08 bits per heavy atom. The van der Waals surface area contributed by atoms with Gasteiger partial charge in [-0.2, -0.15) is 0 Å². The van der Waals surface area contributed by atoms with Gasteiger partial charge in [-0.1, -0.05) is 13.8 Å². The minimum atomic E-state index is -0.0509. The fourth-order valence-electron chi connectivity index (χ4n) is 1.51. The highest BCUT2D eigenvalue weighted by Crippen LogP contribution is 2.38. The predicted molar refractivity (Wildman–Crippen MR) is 51.0 cm³/mol. The second kappa shape index (κ2) is 2.71. The molecule has 3 heteroatoms. The van der Waals surface area contributed by atoms with Gasteiger partial charge in [-0.3, -0.25) is 0 Å². The smallest absolute Gasteiger partial charge is 0.216 e. The first-order chi connectivity index (χ1) is 6.00. The van der Waals surface area contributed by atoms with Crippen molar-refractivity contribution in [1.29, 1.82) is 0 Å². The van der Waals surface area contributed by atoms with Crippen LogP contribution in [0.5, 0.6) is 0 Å². The first-order valence-corrected chi connectivity index (χ1v) is 4.89. The van der Waals surface area contributed by atoms with Gasteiger partial charge in [0.15, 0.2) is 6.10 Å². The van der Waals surface area contributed by atoms with Crippen LogP contribution in [0.1, 0.15) is 27.7 Å². The molecule has 1 saturated heterocycles. The molecule has 0 spiro atoms. The van der Waals surface area contributed by atoms with E-state index in [0.717, 1.165) is 12.5 Å². The Labute approximate surface area is 79.1 Å². The van der Waals surface area contributed by atoms with Crippen molar-refractivity contribution in [1.82, 2.24) is 0 Å². The van der Waals surface area contributed by atoms with Crippen LogP contribution in [0.3, 0.4) is 0 Å². The topological polar surface area (TPSA) is 34.1 Å². The van der Waals surface area contributed by atoms with Crippen LogP contribution in [0.4, 0.5) is 0 Å². The Hall–Kier alpha value is -0.570. The van der Waals surface area contributed by atoms with Crippen LogP contribution in [-0.4, -0.2) is 30.3 Å². The molecule has 74 valence electrons. The Morgan fingerprint density at radius 3 is 2.46 bits per heavy atom. The minimum Gasteiger partial charge on any atom is -0.477 e. The molecule has 0 aromatic carbocycles. The molecule has 0 bridgehead atoms. The number of ether oxygens (including phenoxy) is 2. The van der Waals surface area contributed by atoms with E-state index in [1.165, 1.54) is 0 Å². The summed E-state index contributed by atoms with van der Waals surface area (Å²) in [5.74, 6) is 1.36. The van der Waals surface area contributed by atoms with Gasteiger partial charge < -0.3 is 9.47 Å². The molecule has 2 atom stereocenters. The molecule has 0 unspecified atom stereocenters. The molecule has 13 heavy (non-hydrogen) atoms. The summed E-state index contributed by atoms with van der Waals surface area (Å²) in [6.45, 7) is 9.18. The summed E-state index contributed by atoms with van der Waals surface area (Å²) in [7, 11) is 0. The monoisotopic (exact) mass is 183 g/mol. The number of hydrogen-bond acceptors (Lipinski definition) is 3. The first-order valence-electron chi connectivity index (χ1n) is 4.89. The van der Waals surface area contributed by atoms with Crippen molar-refractivity contribution >= 4 is 5.90 Å². The van der Waals surface area contributed by atoms with E-state index in [1.54, 1.807) is 0 Å². The second-order valence-electron chi connectivity index (χ2n) is 4.69. The van der Waals surface area contributed by atoms with Crippen LogP contribution in [0.2, 0.25) is 0 Å². The zero-order chi connectivity index (χ0) is 9.64. The Morgan fingerprint density at radius 1 is 1.46 bits per heavy atom. The van der Waals surface area contributed by atoms with Crippen molar-refractivity contribution in [2.45, 2.75) is 45.4 Å². The number of epoxide rings is 1. The molecule has 0 radical (unpaired) electrons. The summed E-state index contributed by atoms with van der Waals surface area (Å²) in [6.07, 6.45) is 0.108. The average molecular weight is 183 g/mol. The van der Waals surface area contributed by atoms with Crippen molar-refractivity contribution in [3.8, 4) is 0 Å². The third kappa shape index (κ3) is 1.57. The van der Waals surface area contributed by atoms with Crippen molar-refractivity contribution in [2.24, 2.45) is 10.9 Å². The Kier molecular flexibility index (Phi) is 1.88. The summed E-state index contributed by atoms with van der Waals surface area (Å²) in [4.78, 5) is 4.51. The zero-order valence-electron chi connectivity index (χ0n) is 8.70. The van der Waals surface area contributed by atoms with E-state index in [1.807, 2.05) is 0 Å². The van der Waals surface area contributed by atoms with Gasteiger partial charge in [0.25, 0.3) is 0 Å². The molecule has 0 amide bonds. The van der Waals surface area contributed by atoms with Crippen LogP contribution in [-0.2, 0) is 9.47 Å². The van der Waals surface area contributed by atoms with E-state index in [9.17, 15) is 0 Å². The molecule has 0 N–H and O–H groups in total. The van der Waals surface area contributed by atoms with E-state index in [2.05, 4.69) is 32.7 Å². The lowest BCUT2D eigenvalue weighted by Crippen LogP contribution is -2.15. The van der Waals surface area contributed by atoms with Gasteiger partial charge >= 0.3 is 0 Å². The highest BCUT2D eigenvalue weighted by Gasteiger charge is 2.53. The summed E-state index contributed by atoms with van der Waals surface area (Å²) in [6, 6.07) is 0.329. The summed E-state index contributed by atoms with van der Waals surface area (Å²) >= 11 is 0. The molecule has 2 aliphatic heterocycles. The van der Waals surface area contributed by atoms with Crippen LogP contribution in [0.25, 0.3) is 0 Å². The van der Waals surface area contributed by atoms with Gasteiger partial charge in [-0.05, 0) is 19.8 Å². The fourth-order valence-corrected chi connectivity index (χ4v) is 1.51. The van der Waals surface area contributed by atoms with Gasteiger partial charge in [0.05, 0.1) is 11.6 Å². The quantitative estimate of drug-likeness (QED) is 0.609. The largest absolute Gasteiger partial charge is 0.477 e. The van der Waals surface area contributed by atoms with Crippen LogP contribution >= 0.6 is 0 Å². The lowest BCUT2D eigenvalue weighted by molar-refractivity contribution is 0.275. The van der Waals surface area contributed by atoms with E-state index in [-0.39, 0.29) is 11.7 Å². The molecule has 0 saturated carbocycles. The maximum atomic E-state index is 5.51. The van der Waals surface area contributed by atoms with Gasteiger partial charge in [0, 0.05) is 0 Å². The maximum absolute atomic E-state index is 5.51. The highest BCUT2D eigenvalue weighted by atomic mass is 16.6. The van der Waals surface area contributed by atoms with E-state index in [0.29, 0.717) is 12.0 Å².